The highest BCUT2D eigenvalue weighted by Gasteiger charge is 2.33. The van der Waals surface area contributed by atoms with Gasteiger partial charge in [0.15, 0.2) is 0 Å². The van der Waals surface area contributed by atoms with E-state index in [1.165, 1.54) is 23.4 Å². The lowest BCUT2D eigenvalue weighted by Gasteiger charge is -2.45. The van der Waals surface area contributed by atoms with E-state index in [2.05, 4.69) is 61.4 Å². The molecule has 1 heterocycles. The molecule has 0 radical (unpaired) electrons. The third-order valence-electron chi connectivity index (χ3n) is 5.14. The van der Waals surface area contributed by atoms with E-state index in [1.807, 2.05) is 0 Å². The minimum atomic E-state index is -0.417. The predicted molar refractivity (Wildman–Crippen MR) is 106 cm³/mol. The Balaban J connectivity index is 1.74. The van der Waals surface area contributed by atoms with E-state index in [9.17, 15) is 10.1 Å². The van der Waals surface area contributed by atoms with Crippen molar-refractivity contribution >= 4 is 23.3 Å². The topological polar surface area (TPSA) is 70.8 Å². The molecule has 2 aromatic rings. The third kappa shape index (κ3) is 3.54. The maximum Gasteiger partial charge on any atom is 0.269 e. The number of nitrogens with one attached hydrogen (secondary N) is 1. The summed E-state index contributed by atoms with van der Waals surface area (Å²) in [6, 6.07) is 12.6. The molecule has 1 aliphatic rings. The van der Waals surface area contributed by atoms with Crippen molar-refractivity contribution in [3.05, 3.63) is 63.7 Å². The van der Waals surface area contributed by atoms with Crippen LogP contribution in [0.25, 0.3) is 0 Å². The van der Waals surface area contributed by atoms with Crippen LogP contribution in [0, 0.1) is 10.1 Å². The van der Waals surface area contributed by atoms with Gasteiger partial charge < -0.3 is 4.90 Å². The Morgan fingerprint density at radius 3 is 2.62 bits per heavy atom. The molecule has 0 aliphatic carbocycles. The summed E-state index contributed by atoms with van der Waals surface area (Å²) < 4.78 is 0. The number of non-ortho nitro benzene ring substituents is 1. The first kappa shape index (κ1) is 17.9. The van der Waals surface area contributed by atoms with Crippen molar-refractivity contribution in [2.45, 2.75) is 38.6 Å². The zero-order chi connectivity index (χ0) is 18.9. The molecule has 26 heavy (non-hydrogen) atoms. The van der Waals surface area contributed by atoms with Crippen LogP contribution < -0.4 is 10.3 Å². The summed E-state index contributed by atoms with van der Waals surface area (Å²) in [5.74, 6) is 0.493. The molecule has 0 bridgehead atoms. The van der Waals surface area contributed by atoms with Crippen molar-refractivity contribution in [2.75, 3.05) is 17.4 Å². The monoisotopic (exact) mass is 352 g/mol. The molecule has 0 saturated carbocycles. The number of rotatable bonds is 4. The Hall–Kier alpha value is -2.89. The molecule has 1 aliphatic heterocycles. The summed E-state index contributed by atoms with van der Waals surface area (Å²) >= 11 is 0. The van der Waals surface area contributed by atoms with Crippen LogP contribution >= 0.6 is 0 Å². The van der Waals surface area contributed by atoms with Crippen LogP contribution in [0.2, 0.25) is 0 Å². The average molecular weight is 352 g/mol. The molecule has 1 N–H and O–H groups in total. The van der Waals surface area contributed by atoms with E-state index in [1.54, 1.807) is 18.3 Å². The molecule has 3 rings (SSSR count). The van der Waals surface area contributed by atoms with Crippen LogP contribution in [-0.4, -0.2) is 23.7 Å². The van der Waals surface area contributed by atoms with Gasteiger partial charge in [-0.1, -0.05) is 13.0 Å². The number of hydrazone groups is 1. The SMILES string of the molecule is C[C@H]1CC(C)(C)N(C)c2ccc(/C=N\Nc3ccc([N+](=O)[O-])cc3)cc21. The van der Waals surface area contributed by atoms with Crippen LogP contribution in [0.1, 0.15) is 44.2 Å². The van der Waals surface area contributed by atoms with Gasteiger partial charge in [-0.2, -0.15) is 5.10 Å². The van der Waals surface area contributed by atoms with E-state index in [4.69, 9.17) is 0 Å². The highest BCUT2D eigenvalue weighted by molar-refractivity contribution is 5.82. The summed E-state index contributed by atoms with van der Waals surface area (Å²) in [5, 5.41) is 14.9. The van der Waals surface area contributed by atoms with Gasteiger partial charge in [0, 0.05) is 30.4 Å². The molecular weight excluding hydrogens is 328 g/mol. The quantitative estimate of drug-likeness (QED) is 0.489. The van der Waals surface area contributed by atoms with Gasteiger partial charge in [-0.3, -0.25) is 15.5 Å². The summed E-state index contributed by atoms with van der Waals surface area (Å²) in [6.07, 6.45) is 2.88. The molecule has 136 valence electrons. The van der Waals surface area contributed by atoms with Gasteiger partial charge in [0.1, 0.15) is 0 Å². The lowest BCUT2D eigenvalue weighted by molar-refractivity contribution is -0.384. The number of hydrogen-bond donors (Lipinski definition) is 1. The molecule has 0 aromatic heterocycles. The highest BCUT2D eigenvalue weighted by Crippen LogP contribution is 2.42. The molecule has 0 fully saturated rings. The lowest BCUT2D eigenvalue weighted by atomic mass is 9.80. The van der Waals surface area contributed by atoms with Gasteiger partial charge in [-0.15, -0.1) is 0 Å². The zero-order valence-corrected chi connectivity index (χ0v) is 15.6. The Morgan fingerprint density at radius 2 is 1.96 bits per heavy atom. The largest absolute Gasteiger partial charge is 0.369 e. The number of benzene rings is 2. The summed E-state index contributed by atoms with van der Waals surface area (Å²) in [7, 11) is 2.15. The minimum absolute atomic E-state index is 0.0650. The normalized spacial score (nSPS) is 18.6. The number of nitro benzene ring substituents is 1. The lowest BCUT2D eigenvalue weighted by Crippen LogP contribution is -2.45. The van der Waals surface area contributed by atoms with Gasteiger partial charge in [-0.05, 0) is 61.6 Å². The maximum atomic E-state index is 10.7. The van der Waals surface area contributed by atoms with Crippen molar-refractivity contribution in [3.8, 4) is 0 Å². The molecule has 0 spiro atoms. The first-order valence-corrected chi connectivity index (χ1v) is 8.69. The van der Waals surface area contributed by atoms with Crippen molar-refractivity contribution < 1.29 is 4.92 Å². The smallest absolute Gasteiger partial charge is 0.269 e. The van der Waals surface area contributed by atoms with Crippen molar-refractivity contribution in [1.29, 1.82) is 0 Å². The maximum absolute atomic E-state index is 10.7. The van der Waals surface area contributed by atoms with Gasteiger partial charge >= 0.3 is 0 Å². The Bertz CT molecular complexity index is 843. The molecule has 6 nitrogen and oxygen atoms in total. The van der Waals surface area contributed by atoms with E-state index >= 15 is 0 Å². The van der Waals surface area contributed by atoms with Gasteiger partial charge in [0.2, 0.25) is 0 Å². The van der Waals surface area contributed by atoms with Gasteiger partial charge in [0.05, 0.1) is 16.8 Å². The Kier molecular flexibility index (Phi) is 4.68. The molecule has 2 aromatic carbocycles. The van der Waals surface area contributed by atoms with E-state index in [0.29, 0.717) is 11.6 Å². The van der Waals surface area contributed by atoms with Crippen LogP contribution in [0.4, 0.5) is 17.1 Å². The fourth-order valence-corrected chi connectivity index (χ4v) is 3.51. The fourth-order valence-electron chi connectivity index (χ4n) is 3.51. The second-order valence-electron chi connectivity index (χ2n) is 7.47. The minimum Gasteiger partial charge on any atom is -0.369 e. The summed E-state index contributed by atoms with van der Waals surface area (Å²) in [4.78, 5) is 12.6. The Labute approximate surface area is 153 Å². The molecule has 0 amide bonds. The zero-order valence-electron chi connectivity index (χ0n) is 15.6. The average Bonchev–Trinajstić information content (AvgIpc) is 2.60. The predicted octanol–water partition coefficient (Wildman–Crippen LogP) is 4.76. The molecule has 1 atom stereocenters. The number of nitrogens with zero attached hydrogens (tertiary/aromatic N) is 3. The van der Waals surface area contributed by atoms with Gasteiger partial charge in [0.25, 0.3) is 5.69 Å². The molecule has 0 unspecified atom stereocenters. The standard InChI is InChI=1S/C20H24N4O2/c1-14-12-20(2,3)23(4)19-10-5-15(11-18(14)19)13-21-22-16-6-8-17(9-7-16)24(25)26/h5-11,13-14,22H,12H2,1-4H3/b21-13-/t14-/m0/s1. The fraction of sp³-hybridized carbons (Fsp3) is 0.350. The molecule has 0 saturated heterocycles. The van der Waals surface area contributed by atoms with Gasteiger partial charge in [-0.25, -0.2) is 0 Å². The molecular formula is C20H24N4O2. The first-order chi connectivity index (χ1) is 12.3. The van der Waals surface area contributed by atoms with Crippen molar-refractivity contribution in [3.63, 3.8) is 0 Å². The number of fused-ring (bicyclic) bond motifs is 1. The van der Waals surface area contributed by atoms with E-state index in [-0.39, 0.29) is 11.2 Å². The second-order valence-corrected chi connectivity index (χ2v) is 7.47. The second kappa shape index (κ2) is 6.78. The summed E-state index contributed by atoms with van der Waals surface area (Å²) in [5.41, 5.74) is 7.47. The van der Waals surface area contributed by atoms with Crippen LogP contribution in [-0.2, 0) is 0 Å². The number of anilines is 2. The highest BCUT2D eigenvalue weighted by atomic mass is 16.6. The summed E-state index contributed by atoms with van der Waals surface area (Å²) in [6.45, 7) is 6.81. The first-order valence-electron chi connectivity index (χ1n) is 8.69. The Morgan fingerprint density at radius 1 is 1.27 bits per heavy atom. The number of nitro groups is 1. The van der Waals surface area contributed by atoms with Crippen LogP contribution in [0.15, 0.2) is 47.6 Å². The van der Waals surface area contributed by atoms with Crippen molar-refractivity contribution in [1.82, 2.24) is 0 Å². The third-order valence-corrected chi connectivity index (χ3v) is 5.14. The van der Waals surface area contributed by atoms with E-state index in [0.717, 1.165) is 12.0 Å². The number of hydrogen-bond acceptors (Lipinski definition) is 5. The molecule has 6 heteroatoms. The van der Waals surface area contributed by atoms with Crippen molar-refractivity contribution in [2.24, 2.45) is 5.10 Å². The van der Waals surface area contributed by atoms with Crippen LogP contribution in [0.5, 0.6) is 0 Å². The van der Waals surface area contributed by atoms with E-state index < -0.39 is 4.92 Å². The van der Waals surface area contributed by atoms with Crippen LogP contribution in [0.3, 0.4) is 0 Å².